The molecule has 9 heteroatoms. The average molecular weight is 478 g/mol. The van der Waals surface area contributed by atoms with Gasteiger partial charge in [-0.2, -0.15) is 4.98 Å². The highest BCUT2D eigenvalue weighted by molar-refractivity contribution is 5.94. The molecular weight excluding hydrogens is 442 g/mol. The molecule has 0 radical (unpaired) electrons. The quantitative estimate of drug-likeness (QED) is 0.384. The Hall–Kier alpha value is -3.46. The molecule has 1 saturated heterocycles. The largest absolute Gasteiger partial charge is 0.369 e. The van der Waals surface area contributed by atoms with Gasteiger partial charge in [0, 0.05) is 30.9 Å². The molecule has 4 N–H and O–H groups in total. The summed E-state index contributed by atoms with van der Waals surface area (Å²) in [5.41, 5.74) is 7.72. The smallest absolute Gasteiger partial charge is 0.264 e. The summed E-state index contributed by atoms with van der Waals surface area (Å²) < 4.78 is 1.63. The van der Waals surface area contributed by atoms with Crippen molar-refractivity contribution in [3.8, 4) is 0 Å². The van der Waals surface area contributed by atoms with E-state index in [4.69, 9.17) is 5.73 Å². The van der Waals surface area contributed by atoms with Crippen LogP contribution in [-0.2, 0) is 6.54 Å². The van der Waals surface area contributed by atoms with E-state index in [-0.39, 0.29) is 17.4 Å². The van der Waals surface area contributed by atoms with Crippen molar-refractivity contribution >= 4 is 28.6 Å². The van der Waals surface area contributed by atoms with Gasteiger partial charge in [0.15, 0.2) is 0 Å². The third-order valence-corrected chi connectivity index (χ3v) is 6.67. The van der Waals surface area contributed by atoms with Crippen molar-refractivity contribution < 1.29 is 4.79 Å². The number of anilines is 2. The second kappa shape index (κ2) is 11.3. The second-order valence-electron chi connectivity index (χ2n) is 9.24. The Kier molecular flexibility index (Phi) is 7.97. The lowest BCUT2D eigenvalue weighted by atomic mass is 10.1. The van der Waals surface area contributed by atoms with Crippen molar-refractivity contribution in [2.75, 3.05) is 37.7 Å². The Morgan fingerprint density at radius 2 is 1.97 bits per heavy atom. The van der Waals surface area contributed by atoms with Crippen LogP contribution >= 0.6 is 0 Å². The molecule has 9 nitrogen and oxygen atoms in total. The number of unbranched alkanes of at least 4 members (excludes halogenated alkanes) is 1. The predicted molar refractivity (Wildman–Crippen MR) is 140 cm³/mol. The van der Waals surface area contributed by atoms with E-state index in [1.807, 2.05) is 12.1 Å². The topological polar surface area (TPSA) is 118 Å². The maximum atomic E-state index is 13.3. The molecule has 1 aliphatic rings. The number of amides is 1. The zero-order valence-electron chi connectivity index (χ0n) is 20.6. The van der Waals surface area contributed by atoms with Gasteiger partial charge in [0.2, 0.25) is 5.95 Å². The molecule has 0 spiro atoms. The molecule has 35 heavy (non-hydrogen) atoms. The van der Waals surface area contributed by atoms with Crippen molar-refractivity contribution in [1.29, 1.82) is 0 Å². The molecule has 1 atom stereocenters. The molecular formula is C26H35N7O2. The van der Waals surface area contributed by atoms with Crippen LogP contribution in [0.5, 0.6) is 0 Å². The number of nitrogens with one attached hydrogen (secondary N) is 2. The third kappa shape index (κ3) is 5.97. The summed E-state index contributed by atoms with van der Waals surface area (Å²) in [4.78, 5) is 36.6. The van der Waals surface area contributed by atoms with E-state index in [1.165, 1.54) is 12.8 Å². The fourth-order valence-electron chi connectivity index (χ4n) is 4.59. The number of rotatable bonds is 10. The molecule has 1 aromatic carbocycles. The lowest BCUT2D eigenvalue weighted by Gasteiger charge is -2.19. The van der Waals surface area contributed by atoms with Gasteiger partial charge in [-0.25, -0.2) is 4.98 Å². The molecule has 186 valence electrons. The predicted octanol–water partition coefficient (Wildman–Crippen LogP) is 2.85. The summed E-state index contributed by atoms with van der Waals surface area (Å²) in [5.74, 6) is 0.534. The van der Waals surface area contributed by atoms with Gasteiger partial charge in [0.05, 0.1) is 12.1 Å². The van der Waals surface area contributed by atoms with Gasteiger partial charge in [0.1, 0.15) is 11.2 Å². The number of likely N-dealkylation sites (tertiary alicyclic amines) is 1. The van der Waals surface area contributed by atoms with Gasteiger partial charge in [-0.3, -0.25) is 9.59 Å². The Morgan fingerprint density at radius 1 is 1.17 bits per heavy atom. The van der Waals surface area contributed by atoms with Crippen LogP contribution in [0.15, 0.2) is 41.3 Å². The maximum absolute atomic E-state index is 13.3. The first-order chi connectivity index (χ1) is 17.0. The van der Waals surface area contributed by atoms with Crippen LogP contribution < -0.4 is 21.9 Å². The van der Waals surface area contributed by atoms with Gasteiger partial charge in [-0.1, -0.05) is 25.5 Å². The number of carbonyl (C=O) groups is 1. The minimum atomic E-state index is -0.180. The van der Waals surface area contributed by atoms with Crippen LogP contribution in [0.3, 0.4) is 0 Å². The van der Waals surface area contributed by atoms with E-state index in [2.05, 4.69) is 39.5 Å². The molecule has 1 aliphatic heterocycles. The minimum absolute atomic E-state index is 0.0717. The number of nitrogens with zero attached hydrogens (tertiary/aromatic N) is 4. The molecule has 1 unspecified atom stereocenters. The summed E-state index contributed by atoms with van der Waals surface area (Å²) in [6.07, 6.45) is 7.11. The normalized spacial score (nSPS) is 16.0. The molecule has 4 rings (SSSR count). The highest BCUT2D eigenvalue weighted by atomic mass is 16.1. The van der Waals surface area contributed by atoms with Crippen LogP contribution in [0.4, 0.5) is 11.8 Å². The summed E-state index contributed by atoms with van der Waals surface area (Å²) in [6, 6.07) is 9.72. The molecule has 1 fully saturated rings. The minimum Gasteiger partial charge on any atom is -0.369 e. The number of benzene rings is 1. The van der Waals surface area contributed by atoms with Crippen LogP contribution in [0, 0.1) is 0 Å². The Bertz CT molecular complexity index is 1220. The first kappa shape index (κ1) is 24.7. The molecule has 0 bridgehead atoms. The Morgan fingerprint density at radius 3 is 2.69 bits per heavy atom. The molecule has 2 aromatic heterocycles. The van der Waals surface area contributed by atoms with E-state index in [9.17, 15) is 9.59 Å². The maximum Gasteiger partial charge on any atom is 0.264 e. The molecule has 1 amide bonds. The van der Waals surface area contributed by atoms with Crippen molar-refractivity contribution in [2.45, 2.75) is 51.6 Å². The molecule has 0 saturated carbocycles. The van der Waals surface area contributed by atoms with Crippen molar-refractivity contribution in [3.63, 3.8) is 0 Å². The first-order valence-corrected chi connectivity index (χ1v) is 12.4. The lowest BCUT2D eigenvalue weighted by Crippen LogP contribution is -2.31. The second-order valence-corrected chi connectivity index (χ2v) is 9.24. The molecule has 3 heterocycles. The third-order valence-electron chi connectivity index (χ3n) is 6.67. The first-order valence-electron chi connectivity index (χ1n) is 12.4. The van der Waals surface area contributed by atoms with Gasteiger partial charge in [-0.15, -0.1) is 0 Å². The fraction of sp³-hybridized carbons (Fsp3) is 0.462. The standard InChI is InChI=1S/C26H35N7O2/c1-3-4-13-28-23-22-21(30-26(27)31-23)12-16-33(25(22)35)17-18-7-9-19(10-8-18)24(34)29-14-11-20-6-5-15-32(20)2/h7-10,12,16,20H,3-6,11,13-15,17H2,1-2H3,(H,29,34)(H3,27,28,30,31). The average Bonchev–Trinajstić information content (AvgIpc) is 3.25. The van der Waals surface area contributed by atoms with Crippen LogP contribution in [-0.4, -0.2) is 58.1 Å². The number of nitrogen functional groups attached to an aromatic ring is 1. The van der Waals surface area contributed by atoms with Crippen molar-refractivity contribution in [3.05, 3.63) is 58.0 Å². The van der Waals surface area contributed by atoms with E-state index < -0.39 is 0 Å². The zero-order chi connectivity index (χ0) is 24.8. The number of fused-ring (bicyclic) bond motifs is 1. The summed E-state index contributed by atoms with van der Waals surface area (Å²) in [5, 5.41) is 6.68. The van der Waals surface area contributed by atoms with Gasteiger partial charge >= 0.3 is 0 Å². The lowest BCUT2D eigenvalue weighted by molar-refractivity contribution is 0.0950. The number of hydrogen-bond acceptors (Lipinski definition) is 7. The van der Waals surface area contributed by atoms with Crippen LogP contribution in [0.25, 0.3) is 10.9 Å². The van der Waals surface area contributed by atoms with E-state index in [1.54, 1.807) is 29.0 Å². The Labute approximate surface area is 205 Å². The highest BCUT2D eigenvalue weighted by Gasteiger charge is 2.20. The van der Waals surface area contributed by atoms with E-state index in [0.29, 0.717) is 48.0 Å². The van der Waals surface area contributed by atoms with Crippen LogP contribution in [0.2, 0.25) is 0 Å². The van der Waals surface area contributed by atoms with Gasteiger partial charge in [-0.05, 0) is 63.0 Å². The number of pyridine rings is 1. The van der Waals surface area contributed by atoms with Crippen LogP contribution in [0.1, 0.15) is 54.9 Å². The molecule has 0 aliphatic carbocycles. The summed E-state index contributed by atoms with van der Waals surface area (Å²) >= 11 is 0. The van der Waals surface area contributed by atoms with E-state index in [0.717, 1.165) is 31.4 Å². The number of aromatic nitrogens is 3. The SMILES string of the molecule is CCCCNc1nc(N)nc2ccn(Cc3ccc(C(=O)NCCC4CCCN4C)cc3)c(=O)c12. The van der Waals surface area contributed by atoms with Gasteiger partial charge in [0.25, 0.3) is 11.5 Å². The fourth-order valence-corrected chi connectivity index (χ4v) is 4.59. The highest BCUT2D eigenvalue weighted by Crippen LogP contribution is 2.19. The number of hydrogen-bond donors (Lipinski definition) is 3. The van der Waals surface area contributed by atoms with Gasteiger partial charge < -0.3 is 25.8 Å². The molecule has 3 aromatic rings. The van der Waals surface area contributed by atoms with Crippen molar-refractivity contribution in [2.24, 2.45) is 0 Å². The Balaban J connectivity index is 1.43. The summed E-state index contributed by atoms with van der Waals surface area (Å²) in [6.45, 7) is 4.99. The number of nitrogens with two attached hydrogens (primary N) is 1. The van der Waals surface area contributed by atoms with Crippen molar-refractivity contribution in [1.82, 2.24) is 24.8 Å². The monoisotopic (exact) mass is 477 g/mol. The summed E-state index contributed by atoms with van der Waals surface area (Å²) in [7, 11) is 2.14. The zero-order valence-corrected chi connectivity index (χ0v) is 20.6. The van der Waals surface area contributed by atoms with E-state index >= 15 is 0 Å². The number of carbonyl (C=O) groups excluding carboxylic acids is 1.